The Morgan fingerprint density at radius 1 is 0.518 bits per heavy atom. The van der Waals surface area contributed by atoms with Gasteiger partial charge in [-0.15, -0.1) is 0 Å². The predicted molar refractivity (Wildman–Crippen MR) is 223 cm³/mol. The van der Waals surface area contributed by atoms with Crippen LogP contribution in [0.15, 0.2) is 174 Å². The lowest BCUT2D eigenvalue weighted by molar-refractivity contribution is 0.345. The summed E-state index contributed by atoms with van der Waals surface area (Å²) in [4.78, 5) is 25.1. The molecule has 1 aliphatic heterocycles. The first-order valence-corrected chi connectivity index (χ1v) is 19.2. The van der Waals surface area contributed by atoms with Crippen molar-refractivity contribution in [2.75, 3.05) is 0 Å². The van der Waals surface area contributed by atoms with E-state index in [4.69, 9.17) is 24.9 Å². The molecule has 6 aromatic carbocycles. The van der Waals surface area contributed by atoms with Gasteiger partial charge in [-0.3, -0.25) is 0 Å². The third-order valence-corrected chi connectivity index (χ3v) is 10.9. The molecule has 7 heteroatoms. The monoisotopic (exact) mass is 725 g/mol. The van der Waals surface area contributed by atoms with Crippen molar-refractivity contribution >= 4 is 11.7 Å². The summed E-state index contributed by atoms with van der Waals surface area (Å²) in [6.07, 6.45) is 4.84. The Labute approximate surface area is 327 Å². The van der Waals surface area contributed by atoms with Crippen molar-refractivity contribution in [2.45, 2.75) is 43.7 Å². The molecule has 56 heavy (non-hydrogen) atoms. The van der Waals surface area contributed by atoms with Crippen LogP contribution < -0.4 is 5.32 Å². The first kappa shape index (κ1) is 34.7. The molecule has 1 fully saturated rings. The van der Waals surface area contributed by atoms with Gasteiger partial charge < -0.3 is 5.32 Å². The van der Waals surface area contributed by atoms with E-state index < -0.39 is 6.17 Å². The van der Waals surface area contributed by atoms with Gasteiger partial charge in [-0.25, -0.2) is 24.9 Å². The number of nitrogens with one attached hydrogen (secondary N) is 1. The summed E-state index contributed by atoms with van der Waals surface area (Å²) in [5, 5.41) is 14.1. The molecule has 2 aliphatic rings. The molecule has 7 nitrogen and oxygen atoms in total. The normalized spacial score (nSPS) is 16.2. The van der Waals surface area contributed by atoms with E-state index in [0.29, 0.717) is 28.9 Å². The number of nitriles is 1. The van der Waals surface area contributed by atoms with Crippen molar-refractivity contribution in [1.82, 2.24) is 20.3 Å². The fraction of sp³-hybridized carbons (Fsp3) is 0.143. The maximum Gasteiger partial charge on any atom is 0.164 e. The molecule has 1 saturated carbocycles. The highest BCUT2D eigenvalue weighted by molar-refractivity contribution is 6.13. The minimum Gasteiger partial charge on any atom is -0.344 e. The Morgan fingerprint density at radius 2 is 1.04 bits per heavy atom. The Morgan fingerprint density at radius 3 is 1.62 bits per heavy atom. The standard InChI is InChI=1S/C49H39N7/c50-33-39-27-28-41(32-42(39)48-55-45(36-21-10-3-11-22-36)52-46(56-48)37-23-12-4-13-24-37)49(29-14-5-15-30-49)40-26-16-25-38(31-40)47-53-43(34-17-6-1-7-18-34)51-44(54-47)35-19-8-2-9-20-35/h1-4,6-13,16-28,31-32,48H,5,14-15,29-30H2,(H,52,55,56). The zero-order valence-corrected chi connectivity index (χ0v) is 30.9. The molecule has 1 atom stereocenters. The molecule has 0 amide bonds. The minimum atomic E-state index is -0.516. The van der Waals surface area contributed by atoms with Crippen LogP contribution in [0.3, 0.4) is 0 Å². The Hall–Kier alpha value is -7.04. The van der Waals surface area contributed by atoms with Crippen LogP contribution in [0.25, 0.3) is 34.2 Å². The molecule has 1 aromatic heterocycles. The molecule has 7 aromatic rings. The highest BCUT2D eigenvalue weighted by atomic mass is 15.2. The maximum absolute atomic E-state index is 10.5. The van der Waals surface area contributed by atoms with Crippen LogP contribution in [0.2, 0.25) is 0 Å². The summed E-state index contributed by atoms with van der Waals surface area (Å²) in [6, 6.07) is 57.9. The molecule has 270 valence electrons. The lowest BCUT2D eigenvalue weighted by Crippen LogP contribution is -2.35. The van der Waals surface area contributed by atoms with E-state index in [0.717, 1.165) is 64.9 Å². The highest BCUT2D eigenvalue weighted by Gasteiger charge is 2.37. The third kappa shape index (κ3) is 6.89. The second-order valence-corrected chi connectivity index (χ2v) is 14.4. The van der Waals surface area contributed by atoms with Crippen LogP contribution in [0, 0.1) is 11.3 Å². The Balaban J connectivity index is 1.15. The van der Waals surface area contributed by atoms with E-state index in [1.165, 1.54) is 17.5 Å². The summed E-state index contributed by atoms with van der Waals surface area (Å²) in [5.74, 6) is 3.26. The number of hydrogen-bond acceptors (Lipinski definition) is 7. The molecule has 1 aliphatic carbocycles. The number of benzene rings is 6. The SMILES string of the molecule is N#Cc1ccc(C2(c3cccc(-c4nc(-c5ccccc5)nc(-c5ccccc5)n4)c3)CCCCC2)cc1C1N=C(c2ccccc2)N=C(c2ccccc2)N1. The molecular weight excluding hydrogens is 687 g/mol. The number of aromatic nitrogens is 3. The first-order valence-electron chi connectivity index (χ1n) is 19.2. The van der Waals surface area contributed by atoms with Gasteiger partial charge in [0.2, 0.25) is 0 Å². The van der Waals surface area contributed by atoms with E-state index in [1.807, 2.05) is 127 Å². The van der Waals surface area contributed by atoms with Gasteiger partial charge in [0.05, 0.1) is 11.6 Å². The number of amidine groups is 2. The average molecular weight is 726 g/mol. The van der Waals surface area contributed by atoms with Crippen LogP contribution in [-0.4, -0.2) is 26.6 Å². The Bertz CT molecular complexity index is 2530. The summed E-state index contributed by atoms with van der Waals surface area (Å²) in [5.41, 5.74) is 8.22. The number of nitrogens with zero attached hydrogens (tertiary/aromatic N) is 6. The van der Waals surface area contributed by atoms with Crippen molar-refractivity contribution in [1.29, 1.82) is 5.26 Å². The second kappa shape index (κ2) is 15.4. The lowest BCUT2D eigenvalue weighted by atomic mass is 9.64. The van der Waals surface area contributed by atoms with Gasteiger partial charge in [0.15, 0.2) is 23.3 Å². The average Bonchev–Trinajstić information content (AvgIpc) is 3.30. The van der Waals surface area contributed by atoms with Gasteiger partial charge >= 0.3 is 0 Å². The van der Waals surface area contributed by atoms with Crippen molar-refractivity contribution < 1.29 is 0 Å². The van der Waals surface area contributed by atoms with Crippen LogP contribution in [0.1, 0.15) is 71.7 Å². The number of aliphatic imine (C=N–C) groups is 2. The zero-order chi connectivity index (χ0) is 37.7. The Kier molecular flexibility index (Phi) is 9.53. The molecule has 0 bridgehead atoms. The summed E-state index contributed by atoms with van der Waals surface area (Å²) >= 11 is 0. The molecule has 0 radical (unpaired) electrons. The maximum atomic E-state index is 10.5. The molecule has 1 unspecified atom stereocenters. The topological polar surface area (TPSA) is 99.2 Å². The van der Waals surface area contributed by atoms with E-state index in [2.05, 4.69) is 47.8 Å². The van der Waals surface area contributed by atoms with Crippen molar-refractivity contribution in [2.24, 2.45) is 9.98 Å². The fourth-order valence-corrected chi connectivity index (χ4v) is 8.05. The molecule has 0 saturated heterocycles. The predicted octanol–water partition coefficient (Wildman–Crippen LogP) is 10.5. The fourth-order valence-electron chi connectivity index (χ4n) is 8.05. The highest BCUT2D eigenvalue weighted by Crippen LogP contribution is 2.46. The van der Waals surface area contributed by atoms with Gasteiger partial charge in [-0.2, -0.15) is 5.26 Å². The third-order valence-electron chi connectivity index (χ3n) is 10.9. The second-order valence-electron chi connectivity index (χ2n) is 14.4. The van der Waals surface area contributed by atoms with E-state index in [1.54, 1.807) is 0 Å². The van der Waals surface area contributed by atoms with Crippen molar-refractivity contribution in [3.63, 3.8) is 0 Å². The molecular formula is C49H39N7. The number of hydrogen-bond donors (Lipinski definition) is 1. The lowest BCUT2D eigenvalue weighted by Gasteiger charge is -2.39. The van der Waals surface area contributed by atoms with E-state index in [9.17, 15) is 5.26 Å². The van der Waals surface area contributed by atoms with E-state index in [-0.39, 0.29) is 5.41 Å². The van der Waals surface area contributed by atoms with Crippen LogP contribution >= 0.6 is 0 Å². The summed E-state index contributed by atoms with van der Waals surface area (Å²) < 4.78 is 0. The van der Waals surface area contributed by atoms with Crippen LogP contribution in [0.4, 0.5) is 0 Å². The van der Waals surface area contributed by atoms with Gasteiger partial charge in [-0.05, 0) is 42.2 Å². The molecule has 1 N–H and O–H groups in total. The van der Waals surface area contributed by atoms with E-state index >= 15 is 0 Å². The van der Waals surface area contributed by atoms with Gasteiger partial charge in [0.1, 0.15) is 12.0 Å². The van der Waals surface area contributed by atoms with Gasteiger partial charge in [0.25, 0.3) is 0 Å². The van der Waals surface area contributed by atoms with Gasteiger partial charge in [0, 0.05) is 38.8 Å². The van der Waals surface area contributed by atoms with Crippen LogP contribution in [0.5, 0.6) is 0 Å². The van der Waals surface area contributed by atoms with Crippen molar-refractivity contribution in [3.8, 4) is 40.2 Å². The quantitative estimate of drug-likeness (QED) is 0.168. The smallest absolute Gasteiger partial charge is 0.164 e. The molecule has 0 spiro atoms. The minimum absolute atomic E-state index is 0.286. The first-order chi connectivity index (χ1) is 27.7. The summed E-state index contributed by atoms with van der Waals surface area (Å²) in [6.45, 7) is 0. The largest absolute Gasteiger partial charge is 0.344 e. The number of rotatable bonds is 8. The van der Waals surface area contributed by atoms with Gasteiger partial charge in [-0.1, -0.05) is 165 Å². The molecule has 2 heterocycles. The van der Waals surface area contributed by atoms with Crippen molar-refractivity contribution in [3.05, 3.63) is 197 Å². The molecule has 9 rings (SSSR count). The zero-order valence-electron chi connectivity index (χ0n) is 30.9. The van der Waals surface area contributed by atoms with Crippen LogP contribution in [-0.2, 0) is 5.41 Å². The summed E-state index contributed by atoms with van der Waals surface area (Å²) in [7, 11) is 0.